The second-order valence-corrected chi connectivity index (χ2v) is 6.69. The zero-order valence-corrected chi connectivity index (χ0v) is 15.5. The molecule has 0 heterocycles. The predicted octanol–water partition coefficient (Wildman–Crippen LogP) is 6.21. The van der Waals surface area contributed by atoms with Gasteiger partial charge < -0.3 is 10.1 Å². The molecule has 0 radical (unpaired) electrons. The number of nitrogens with one attached hydrogen (secondary N) is 1. The Morgan fingerprint density at radius 3 is 2.04 bits per heavy atom. The molecular formula is C20H15BrClNO2. The van der Waals surface area contributed by atoms with Crippen molar-refractivity contribution in [3.8, 4) is 11.5 Å². The van der Waals surface area contributed by atoms with Crippen LogP contribution >= 0.6 is 27.5 Å². The standard InChI is InChI=1S/C20H15BrClNO2/c21-19(14-4-2-1-3-5-14)20(24)23-16-8-12-18(13-9-16)25-17-10-6-15(22)7-11-17/h1-13,19H,(H,23,24)/t19-/m1/s1. The Labute approximate surface area is 159 Å². The molecule has 0 aliphatic rings. The van der Waals surface area contributed by atoms with Gasteiger partial charge in [0.1, 0.15) is 16.3 Å². The van der Waals surface area contributed by atoms with Crippen molar-refractivity contribution in [2.24, 2.45) is 0 Å². The van der Waals surface area contributed by atoms with E-state index in [0.29, 0.717) is 22.2 Å². The number of rotatable bonds is 5. The highest BCUT2D eigenvalue weighted by Crippen LogP contribution is 2.27. The van der Waals surface area contributed by atoms with E-state index in [1.165, 1.54) is 0 Å². The monoisotopic (exact) mass is 415 g/mol. The van der Waals surface area contributed by atoms with E-state index < -0.39 is 4.83 Å². The van der Waals surface area contributed by atoms with Gasteiger partial charge in [-0.05, 0) is 54.1 Å². The molecule has 5 heteroatoms. The van der Waals surface area contributed by atoms with Crippen molar-refractivity contribution in [3.05, 3.63) is 89.4 Å². The number of amides is 1. The maximum absolute atomic E-state index is 12.3. The summed E-state index contributed by atoms with van der Waals surface area (Å²) in [4.78, 5) is 11.9. The summed E-state index contributed by atoms with van der Waals surface area (Å²) in [6.45, 7) is 0. The number of anilines is 1. The summed E-state index contributed by atoms with van der Waals surface area (Å²) in [5.74, 6) is 1.25. The quantitative estimate of drug-likeness (QED) is 0.502. The third-order valence-corrected chi connectivity index (χ3v) is 4.69. The molecule has 3 aromatic carbocycles. The number of hydrogen-bond acceptors (Lipinski definition) is 2. The Hall–Kier alpha value is -2.30. The summed E-state index contributed by atoms with van der Waals surface area (Å²) in [7, 11) is 0. The van der Waals surface area contributed by atoms with Crippen LogP contribution in [0.25, 0.3) is 0 Å². The molecule has 0 aliphatic carbocycles. The summed E-state index contributed by atoms with van der Waals surface area (Å²) >= 11 is 9.28. The molecule has 1 atom stereocenters. The van der Waals surface area contributed by atoms with E-state index in [2.05, 4.69) is 21.2 Å². The number of benzene rings is 3. The van der Waals surface area contributed by atoms with E-state index >= 15 is 0 Å². The number of ether oxygens (including phenoxy) is 1. The number of alkyl halides is 1. The lowest BCUT2D eigenvalue weighted by Crippen LogP contribution is -2.16. The Morgan fingerprint density at radius 2 is 1.44 bits per heavy atom. The second-order valence-electron chi connectivity index (χ2n) is 5.34. The maximum atomic E-state index is 12.3. The lowest BCUT2D eigenvalue weighted by atomic mass is 10.1. The third kappa shape index (κ3) is 4.84. The summed E-state index contributed by atoms with van der Waals surface area (Å²) in [6, 6.07) is 23.9. The average molecular weight is 417 g/mol. The van der Waals surface area contributed by atoms with Crippen LogP contribution in [0.2, 0.25) is 5.02 Å². The highest BCUT2D eigenvalue weighted by Gasteiger charge is 2.16. The number of carbonyl (C=O) groups excluding carboxylic acids is 1. The van der Waals surface area contributed by atoms with Gasteiger partial charge in [-0.2, -0.15) is 0 Å². The Kier molecular flexibility index (Phi) is 5.74. The van der Waals surface area contributed by atoms with Crippen LogP contribution in [-0.4, -0.2) is 5.91 Å². The number of carbonyl (C=O) groups is 1. The van der Waals surface area contributed by atoms with Gasteiger partial charge in [0, 0.05) is 10.7 Å². The van der Waals surface area contributed by atoms with E-state index in [4.69, 9.17) is 16.3 Å². The van der Waals surface area contributed by atoms with Gasteiger partial charge in [0.2, 0.25) is 5.91 Å². The fourth-order valence-electron chi connectivity index (χ4n) is 2.22. The normalized spacial score (nSPS) is 11.6. The molecular weight excluding hydrogens is 402 g/mol. The molecule has 0 spiro atoms. The molecule has 0 saturated carbocycles. The Bertz CT molecular complexity index is 836. The lowest BCUT2D eigenvalue weighted by molar-refractivity contribution is -0.115. The zero-order valence-electron chi connectivity index (χ0n) is 13.2. The first-order chi connectivity index (χ1) is 12.1. The van der Waals surface area contributed by atoms with Gasteiger partial charge in [-0.1, -0.05) is 57.9 Å². The molecule has 1 N–H and O–H groups in total. The summed E-state index contributed by atoms with van der Waals surface area (Å²) in [5, 5.41) is 3.54. The van der Waals surface area contributed by atoms with Gasteiger partial charge in [0.15, 0.2) is 0 Å². The molecule has 0 bridgehead atoms. The zero-order chi connectivity index (χ0) is 17.6. The van der Waals surface area contributed by atoms with Crippen molar-refractivity contribution in [1.29, 1.82) is 0 Å². The average Bonchev–Trinajstić information content (AvgIpc) is 2.65. The van der Waals surface area contributed by atoms with Crippen molar-refractivity contribution in [3.63, 3.8) is 0 Å². The van der Waals surface area contributed by atoms with Gasteiger partial charge in [-0.15, -0.1) is 0 Å². The van der Waals surface area contributed by atoms with Crippen LogP contribution in [-0.2, 0) is 4.79 Å². The van der Waals surface area contributed by atoms with Gasteiger partial charge in [-0.25, -0.2) is 0 Å². The van der Waals surface area contributed by atoms with E-state index in [-0.39, 0.29) is 5.91 Å². The molecule has 0 unspecified atom stereocenters. The topological polar surface area (TPSA) is 38.3 Å². The molecule has 1 amide bonds. The molecule has 0 saturated heterocycles. The van der Waals surface area contributed by atoms with Crippen molar-refractivity contribution < 1.29 is 9.53 Å². The lowest BCUT2D eigenvalue weighted by Gasteiger charge is -2.12. The molecule has 0 aromatic heterocycles. The summed E-state index contributed by atoms with van der Waals surface area (Å²) in [5.41, 5.74) is 1.61. The third-order valence-electron chi connectivity index (χ3n) is 3.49. The number of halogens is 2. The SMILES string of the molecule is O=C(Nc1ccc(Oc2ccc(Cl)cc2)cc1)[C@H](Br)c1ccccc1. The first-order valence-electron chi connectivity index (χ1n) is 7.65. The first-order valence-corrected chi connectivity index (χ1v) is 8.94. The van der Waals surface area contributed by atoms with Gasteiger partial charge in [-0.3, -0.25) is 4.79 Å². The fraction of sp³-hybridized carbons (Fsp3) is 0.0500. The van der Waals surface area contributed by atoms with E-state index in [1.54, 1.807) is 48.5 Å². The highest BCUT2D eigenvalue weighted by molar-refractivity contribution is 9.09. The molecule has 3 nitrogen and oxygen atoms in total. The largest absolute Gasteiger partial charge is 0.457 e. The summed E-state index contributed by atoms with van der Waals surface area (Å²) < 4.78 is 5.73. The van der Waals surface area contributed by atoms with Crippen LogP contribution in [0.1, 0.15) is 10.4 Å². The maximum Gasteiger partial charge on any atom is 0.242 e. The summed E-state index contributed by atoms with van der Waals surface area (Å²) in [6.07, 6.45) is 0. The van der Waals surface area contributed by atoms with Gasteiger partial charge in [0.25, 0.3) is 0 Å². The fourth-order valence-corrected chi connectivity index (χ4v) is 2.77. The Morgan fingerprint density at radius 1 is 0.880 bits per heavy atom. The van der Waals surface area contributed by atoms with Crippen LogP contribution < -0.4 is 10.1 Å². The second kappa shape index (κ2) is 8.19. The predicted molar refractivity (Wildman–Crippen MR) is 105 cm³/mol. The molecule has 3 aromatic rings. The van der Waals surface area contributed by atoms with E-state index in [9.17, 15) is 4.79 Å². The minimum Gasteiger partial charge on any atom is -0.457 e. The molecule has 0 fully saturated rings. The van der Waals surface area contributed by atoms with Crippen LogP contribution in [0.4, 0.5) is 5.69 Å². The van der Waals surface area contributed by atoms with Gasteiger partial charge >= 0.3 is 0 Å². The van der Waals surface area contributed by atoms with Crippen molar-refractivity contribution in [2.45, 2.75) is 4.83 Å². The van der Waals surface area contributed by atoms with Crippen LogP contribution in [0, 0.1) is 0 Å². The van der Waals surface area contributed by atoms with Crippen molar-refractivity contribution in [1.82, 2.24) is 0 Å². The van der Waals surface area contributed by atoms with E-state index in [0.717, 1.165) is 5.56 Å². The number of hydrogen-bond donors (Lipinski definition) is 1. The van der Waals surface area contributed by atoms with Crippen LogP contribution in [0.15, 0.2) is 78.9 Å². The smallest absolute Gasteiger partial charge is 0.242 e. The Balaban J connectivity index is 1.62. The molecule has 0 aliphatic heterocycles. The van der Waals surface area contributed by atoms with E-state index in [1.807, 2.05) is 30.3 Å². The first kappa shape index (κ1) is 17.5. The molecule has 3 rings (SSSR count). The highest BCUT2D eigenvalue weighted by atomic mass is 79.9. The molecule has 126 valence electrons. The minimum absolute atomic E-state index is 0.127. The van der Waals surface area contributed by atoms with Crippen LogP contribution in [0.5, 0.6) is 11.5 Å². The van der Waals surface area contributed by atoms with Crippen LogP contribution in [0.3, 0.4) is 0 Å². The molecule has 25 heavy (non-hydrogen) atoms. The van der Waals surface area contributed by atoms with Crippen molar-refractivity contribution >= 4 is 39.1 Å². The van der Waals surface area contributed by atoms with Crippen molar-refractivity contribution in [2.75, 3.05) is 5.32 Å². The van der Waals surface area contributed by atoms with Gasteiger partial charge in [0.05, 0.1) is 0 Å². The minimum atomic E-state index is -0.404.